The molecule has 1 aromatic heterocycles. The molecule has 0 aliphatic heterocycles. The topological polar surface area (TPSA) is 58.1 Å². The summed E-state index contributed by atoms with van der Waals surface area (Å²) in [5, 5.41) is 9.04. The maximum atomic E-state index is 13.5. The van der Waals surface area contributed by atoms with Crippen LogP contribution in [0, 0.1) is 12.7 Å². The number of nitrogens with zero attached hydrogens (tertiary/aromatic N) is 1. The van der Waals surface area contributed by atoms with E-state index in [1.165, 1.54) is 13.2 Å². The Balaban J connectivity index is 2.42. The third-order valence-corrected chi connectivity index (χ3v) is 2.56. The summed E-state index contributed by atoms with van der Waals surface area (Å²) in [6, 6.07) is 4.60. The van der Waals surface area contributed by atoms with E-state index in [1.807, 2.05) is 6.92 Å². The van der Waals surface area contributed by atoms with Crippen molar-refractivity contribution in [3.8, 4) is 17.1 Å². The van der Waals surface area contributed by atoms with E-state index in [-0.39, 0.29) is 12.4 Å². The third kappa shape index (κ3) is 2.14. The predicted octanol–water partition coefficient (Wildman–Crippen LogP) is 2.03. The average Bonchev–Trinajstić information content (AvgIpc) is 2.70. The van der Waals surface area contributed by atoms with Gasteiger partial charge in [-0.2, -0.15) is 0 Å². The SMILES string of the molecule is COc1ccc(-c2nc(CO)c(C)[nH]2)cc1F. The smallest absolute Gasteiger partial charge is 0.165 e. The van der Waals surface area contributed by atoms with Crippen LogP contribution in [0.15, 0.2) is 18.2 Å². The molecule has 4 nitrogen and oxygen atoms in total. The molecular weight excluding hydrogens is 223 g/mol. The zero-order valence-electron chi connectivity index (χ0n) is 9.62. The molecule has 0 atom stereocenters. The number of aliphatic hydroxyl groups excluding tert-OH is 1. The fourth-order valence-corrected chi connectivity index (χ4v) is 1.60. The second kappa shape index (κ2) is 4.55. The van der Waals surface area contributed by atoms with Crippen molar-refractivity contribution < 1.29 is 14.2 Å². The van der Waals surface area contributed by atoms with E-state index in [4.69, 9.17) is 9.84 Å². The molecule has 2 aromatic rings. The van der Waals surface area contributed by atoms with Gasteiger partial charge in [0.25, 0.3) is 0 Å². The molecule has 1 aromatic carbocycles. The molecule has 90 valence electrons. The van der Waals surface area contributed by atoms with Gasteiger partial charge in [0.1, 0.15) is 5.82 Å². The number of halogens is 1. The van der Waals surface area contributed by atoms with E-state index in [2.05, 4.69) is 9.97 Å². The van der Waals surface area contributed by atoms with Gasteiger partial charge in [-0.1, -0.05) is 0 Å². The minimum atomic E-state index is -0.440. The Morgan fingerprint density at radius 2 is 2.24 bits per heavy atom. The fourth-order valence-electron chi connectivity index (χ4n) is 1.60. The van der Waals surface area contributed by atoms with Crippen LogP contribution in [-0.4, -0.2) is 22.2 Å². The number of hydrogen-bond acceptors (Lipinski definition) is 3. The normalized spacial score (nSPS) is 10.6. The van der Waals surface area contributed by atoms with Crippen molar-refractivity contribution in [1.29, 1.82) is 0 Å². The van der Waals surface area contributed by atoms with Crippen LogP contribution in [0.2, 0.25) is 0 Å². The molecule has 2 N–H and O–H groups in total. The Morgan fingerprint density at radius 1 is 1.47 bits per heavy atom. The van der Waals surface area contributed by atoms with Crippen molar-refractivity contribution >= 4 is 0 Å². The molecule has 0 saturated carbocycles. The number of aromatic nitrogens is 2. The summed E-state index contributed by atoms with van der Waals surface area (Å²) < 4.78 is 18.3. The quantitative estimate of drug-likeness (QED) is 0.857. The van der Waals surface area contributed by atoms with Crippen LogP contribution >= 0.6 is 0 Å². The predicted molar refractivity (Wildman–Crippen MR) is 61.2 cm³/mol. The number of aromatic amines is 1. The van der Waals surface area contributed by atoms with Crippen molar-refractivity contribution in [2.24, 2.45) is 0 Å². The Hall–Kier alpha value is -1.88. The van der Waals surface area contributed by atoms with Gasteiger partial charge in [-0.15, -0.1) is 0 Å². The summed E-state index contributed by atoms with van der Waals surface area (Å²) in [4.78, 5) is 7.18. The molecule has 0 fully saturated rings. The number of aliphatic hydroxyl groups is 1. The van der Waals surface area contributed by atoms with Gasteiger partial charge in [0, 0.05) is 11.3 Å². The van der Waals surface area contributed by atoms with E-state index in [9.17, 15) is 4.39 Å². The summed E-state index contributed by atoms with van der Waals surface area (Å²) in [5.74, 6) is 0.289. The Kier molecular flexibility index (Phi) is 3.10. The van der Waals surface area contributed by atoms with Crippen LogP contribution in [-0.2, 0) is 6.61 Å². The minimum absolute atomic E-state index is 0.138. The highest BCUT2D eigenvalue weighted by Crippen LogP contribution is 2.24. The number of H-pyrrole nitrogens is 1. The molecule has 0 spiro atoms. The second-order valence-corrected chi connectivity index (χ2v) is 3.66. The highest BCUT2D eigenvalue weighted by Gasteiger charge is 2.10. The van der Waals surface area contributed by atoms with Crippen LogP contribution in [0.3, 0.4) is 0 Å². The van der Waals surface area contributed by atoms with Gasteiger partial charge >= 0.3 is 0 Å². The zero-order valence-corrected chi connectivity index (χ0v) is 9.62. The largest absolute Gasteiger partial charge is 0.494 e. The number of rotatable bonds is 3. The summed E-state index contributed by atoms with van der Waals surface area (Å²) in [6.45, 7) is 1.67. The van der Waals surface area contributed by atoms with E-state index in [0.717, 1.165) is 5.69 Å². The van der Waals surface area contributed by atoms with Gasteiger partial charge in [0.15, 0.2) is 11.6 Å². The van der Waals surface area contributed by atoms with Gasteiger partial charge in [-0.25, -0.2) is 9.37 Å². The summed E-state index contributed by atoms with van der Waals surface area (Å²) in [5.41, 5.74) is 1.96. The number of aryl methyl sites for hydroxylation is 1. The molecule has 0 unspecified atom stereocenters. The highest BCUT2D eigenvalue weighted by atomic mass is 19.1. The zero-order chi connectivity index (χ0) is 12.4. The number of nitrogens with one attached hydrogen (secondary N) is 1. The first-order chi connectivity index (χ1) is 8.15. The number of methoxy groups -OCH3 is 1. The summed E-state index contributed by atoms with van der Waals surface area (Å²) in [7, 11) is 1.42. The Bertz CT molecular complexity index is 537. The van der Waals surface area contributed by atoms with Crippen LogP contribution in [0.25, 0.3) is 11.4 Å². The van der Waals surface area contributed by atoms with Crippen LogP contribution in [0.5, 0.6) is 5.75 Å². The minimum Gasteiger partial charge on any atom is -0.494 e. The highest BCUT2D eigenvalue weighted by molar-refractivity contribution is 5.57. The standard InChI is InChI=1S/C12H13FN2O2/c1-7-10(6-16)15-12(14-7)8-3-4-11(17-2)9(13)5-8/h3-5,16H,6H2,1-2H3,(H,14,15). The first kappa shape index (κ1) is 11.6. The van der Waals surface area contributed by atoms with Crippen molar-refractivity contribution in [2.75, 3.05) is 7.11 Å². The lowest BCUT2D eigenvalue weighted by molar-refractivity contribution is 0.276. The number of imidazole rings is 1. The van der Waals surface area contributed by atoms with E-state index in [0.29, 0.717) is 17.1 Å². The van der Waals surface area contributed by atoms with E-state index < -0.39 is 5.82 Å². The third-order valence-electron chi connectivity index (χ3n) is 2.56. The average molecular weight is 236 g/mol. The molecular formula is C12H13FN2O2. The second-order valence-electron chi connectivity index (χ2n) is 3.66. The molecule has 2 rings (SSSR count). The maximum Gasteiger partial charge on any atom is 0.165 e. The van der Waals surface area contributed by atoms with Crippen molar-refractivity contribution in [2.45, 2.75) is 13.5 Å². The van der Waals surface area contributed by atoms with Gasteiger partial charge in [-0.05, 0) is 25.1 Å². The molecule has 0 bridgehead atoms. The molecule has 0 aliphatic carbocycles. The van der Waals surface area contributed by atoms with Crippen molar-refractivity contribution in [3.05, 3.63) is 35.4 Å². The van der Waals surface area contributed by atoms with Gasteiger partial charge in [0.05, 0.1) is 19.4 Å². The Labute approximate surface area is 98.1 Å². The lowest BCUT2D eigenvalue weighted by Gasteiger charge is -2.02. The van der Waals surface area contributed by atoms with E-state index >= 15 is 0 Å². The van der Waals surface area contributed by atoms with Crippen LogP contribution in [0.4, 0.5) is 4.39 Å². The van der Waals surface area contributed by atoms with E-state index in [1.54, 1.807) is 12.1 Å². The van der Waals surface area contributed by atoms with Gasteiger partial charge in [0.2, 0.25) is 0 Å². The summed E-state index contributed by atoms with van der Waals surface area (Å²) >= 11 is 0. The molecule has 0 amide bonds. The van der Waals surface area contributed by atoms with Gasteiger partial charge in [-0.3, -0.25) is 0 Å². The molecule has 0 aliphatic rings. The molecule has 5 heteroatoms. The van der Waals surface area contributed by atoms with Crippen molar-refractivity contribution in [1.82, 2.24) is 9.97 Å². The molecule has 1 heterocycles. The molecule has 17 heavy (non-hydrogen) atoms. The first-order valence-corrected chi connectivity index (χ1v) is 5.16. The first-order valence-electron chi connectivity index (χ1n) is 5.16. The molecule has 0 radical (unpaired) electrons. The lowest BCUT2D eigenvalue weighted by Crippen LogP contribution is -1.89. The number of ether oxygens (including phenoxy) is 1. The fraction of sp³-hybridized carbons (Fsp3) is 0.250. The molecule has 0 saturated heterocycles. The maximum absolute atomic E-state index is 13.5. The summed E-state index contributed by atoms with van der Waals surface area (Å²) in [6.07, 6.45) is 0. The number of benzene rings is 1. The van der Waals surface area contributed by atoms with Gasteiger partial charge < -0.3 is 14.8 Å². The van der Waals surface area contributed by atoms with Crippen LogP contribution < -0.4 is 4.74 Å². The lowest BCUT2D eigenvalue weighted by atomic mass is 10.2. The van der Waals surface area contributed by atoms with Crippen molar-refractivity contribution in [3.63, 3.8) is 0 Å². The monoisotopic (exact) mass is 236 g/mol. The number of hydrogen-bond donors (Lipinski definition) is 2. The van der Waals surface area contributed by atoms with Crippen LogP contribution in [0.1, 0.15) is 11.4 Å². The Morgan fingerprint density at radius 3 is 2.76 bits per heavy atom.